The van der Waals surface area contributed by atoms with Crippen LogP contribution in [0.5, 0.6) is 0 Å². The Morgan fingerprint density at radius 1 is 1.24 bits per heavy atom. The predicted molar refractivity (Wildman–Crippen MR) is 86.6 cm³/mol. The van der Waals surface area contributed by atoms with E-state index >= 15 is 0 Å². The molecule has 2 amide bonds. The molecule has 6 heteroatoms. The van der Waals surface area contributed by atoms with Crippen LogP contribution in [0.2, 0.25) is 0 Å². The standard InChI is InChI=1S/C15H15IN2O3/c1-10(14(19)17-9-11-5-4-8-21-11)18-15(20)12-6-2-3-7-13(12)16/h2-8,10H,9H2,1H3,(H,17,19)(H,18,20). The summed E-state index contributed by atoms with van der Waals surface area (Å²) in [5.74, 6) is 0.144. The van der Waals surface area contributed by atoms with Crippen molar-refractivity contribution in [1.82, 2.24) is 10.6 Å². The Balaban J connectivity index is 1.88. The first-order valence-electron chi connectivity index (χ1n) is 6.43. The fourth-order valence-corrected chi connectivity index (χ4v) is 2.36. The van der Waals surface area contributed by atoms with Crippen LogP contribution in [0, 0.1) is 3.57 Å². The topological polar surface area (TPSA) is 71.3 Å². The summed E-state index contributed by atoms with van der Waals surface area (Å²) in [6.07, 6.45) is 1.55. The number of nitrogens with one attached hydrogen (secondary N) is 2. The van der Waals surface area contributed by atoms with Crippen molar-refractivity contribution in [3.05, 3.63) is 57.6 Å². The van der Waals surface area contributed by atoms with E-state index in [2.05, 4.69) is 33.2 Å². The molecule has 0 fully saturated rings. The van der Waals surface area contributed by atoms with E-state index in [0.29, 0.717) is 17.9 Å². The van der Waals surface area contributed by atoms with Gasteiger partial charge in [-0.2, -0.15) is 0 Å². The van der Waals surface area contributed by atoms with E-state index in [9.17, 15) is 9.59 Å². The third-order valence-electron chi connectivity index (χ3n) is 2.88. The Morgan fingerprint density at radius 3 is 2.67 bits per heavy atom. The molecule has 1 atom stereocenters. The van der Waals surface area contributed by atoms with Gasteiger partial charge in [-0.05, 0) is 53.8 Å². The van der Waals surface area contributed by atoms with E-state index in [1.165, 1.54) is 0 Å². The highest BCUT2D eigenvalue weighted by Gasteiger charge is 2.17. The molecule has 5 nitrogen and oxygen atoms in total. The first-order valence-corrected chi connectivity index (χ1v) is 7.51. The first-order chi connectivity index (χ1) is 10.1. The highest BCUT2D eigenvalue weighted by molar-refractivity contribution is 14.1. The van der Waals surface area contributed by atoms with Crippen molar-refractivity contribution in [3.63, 3.8) is 0 Å². The lowest BCUT2D eigenvalue weighted by Crippen LogP contribution is -2.44. The van der Waals surface area contributed by atoms with Gasteiger partial charge in [0, 0.05) is 3.57 Å². The average molecular weight is 398 g/mol. The van der Waals surface area contributed by atoms with Crippen LogP contribution in [0.3, 0.4) is 0 Å². The fraction of sp³-hybridized carbons (Fsp3) is 0.200. The zero-order valence-electron chi connectivity index (χ0n) is 11.4. The third-order valence-corrected chi connectivity index (χ3v) is 3.82. The van der Waals surface area contributed by atoms with Crippen LogP contribution in [0.15, 0.2) is 47.1 Å². The molecule has 110 valence electrons. The summed E-state index contributed by atoms with van der Waals surface area (Å²) in [4.78, 5) is 24.0. The van der Waals surface area contributed by atoms with Gasteiger partial charge in [0.25, 0.3) is 5.91 Å². The smallest absolute Gasteiger partial charge is 0.252 e. The summed E-state index contributed by atoms with van der Waals surface area (Å²) in [6.45, 7) is 1.94. The van der Waals surface area contributed by atoms with Gasteiger partial charge in [0.1, 0.15) is 11.8 Å². The van der Waals surface area contributed by atoms with Gasteiger partial charge < -0.3 is 15.1 Å². The third kappa shape index (κ3) is 4.32. The summed E-state index contributed by atoms with van der Waals surface area (Å²) < 4.78 is 5.97. The van der Waals surface area contributed by atoms with E-state index < -0.39 is 6.04 Å². The van der Waals surface area contributed by atoms with E-state index in [-0.39, 0.29) is 11.8 Å². The van der Waals surface area contributed by atoms with Crippen molar-refractivity contribution in [3.8, 4) is 0 Å². The molecule has 1 heterocycles. The second-order valence-electron chi connectivity index (χ2n) is 4.47. The monoisotopic (exact) mass is 398 g/mol. The minimum absolute atomic E-state index is 0.259. The molecule has 0 saturated carbocycles. The maximum Gasteiger partial charge on any atom is 0.252 e. The van der Waals surface area contributed by atoms with Crippen molar-refractivity contribution in [2.75, 3.05) is 0 Å². The molecule has 21 heavy (non-hydrogen) atoms. The molecule has 0 bridgehead atoms. The van der Waals surface area contributed by atoms with Crippen molar-refractivity contribution >= 4 is 34.4 Å². The van der Waals surface area contributed by atoms with Crippen LogP contribution in [-0.4, -0.2) is 17.9 Å². The number of amides is 2. The molecule has 0 saturated heterocycles. The number of carbonyl (C=O) groups is 2. The van der Waals surface area contributed by atoms with Crippen molar-refractivity contribution in [1.29, 1.82) is 0 Å². The van der Waals surface area contributed by atoms with Crippen LogP contribution < -0.4 is 10.6 Å². The summed E-state index contributed by atoms with van der Waals surface area (Å²) >= 11 is 2.09. The molecule has 0 spiro atoms. The molecule has 2 N–H and O–H groups in total. The molecule has 0 aliphatic rings. The van der Waals surface area contributed by atoms with Crippen LogP contribution in [0.1, 0.15) is 23.0 Å². The van der Waals surface area contributed by atoms with Gasteiger partial charge in [-0.15, -0.1) is 0 Å². The number of carbonyl (C=O) groups excluding carboxylic acids is 2. The van der Waals surface area contributed by atoms with Gasteiger partial charge >= 0.3 is 0 Å². The Kier molecular flexibility index (Phi) is 5.38. The Hall–Kier alpha value is -1.83. The Bertz CT molecular complexity index is 626. The van der Waals surface area contributed by atoms with Crippen LogP contribution in [0.25, 0.3) is 0 Å². The number of rotatable bonds is 5. The van der Waals surface area contributed by atoms with E-state index in [0.717, 1.165) is 3.57 Å². The van der Waals surface area contributed by atoms with Crippen molar-refractivity contribution < 1.29 is 14.0 Å². The van der Waals surface area contributed by atoms with E-state index in [4.69, 9.17) is 4.42 Å². The largest absolute Gasteiger partial charge is 0.467 e. The zero-order valence-corrected chi connectivity index (χ0v) is 13.6. The normalized spacial score (nSPS) is 11.7. The number of halogens is 1. The lowest BCUT2D eigenvalue weighted by molar-refractivity contribution is -0.122. The van der Waals surface area contributed by atoms with Gasteiger partial charge in [-0.25, -0.2) is 0 Å². The molecular weight excluding hydrogens is 383 g/mol. The molecule has 0 aliphatic carbocycles. The summed E-state index contributed by atoms with van der Waals surface area (Å²) in [6, 6.07) is 10.1. The second kappa shape index (κ2) is 7.26. The van der Waals surface area contributed by atoms with Gasteiger partial charge in [0.05, 0.1) is 18.4 Å². The number of furan rings is 1. The Morgan fingerprint density at radius 2 is 2.00 bits per heavy atom. The number of hydrogen-bond donors (Lipinski definition) is 2. The summed E-state index contributed by atoms with van der Waals surface area (Å²) in [5.41, 5.74) is 0.559. The van der Waals surface area contributed by atoms with Crippen LogP contribution >= 0.6 is 22.6 Å². The lowest BCUT2D eigenvalue weighted by Gasteiger charge is -2.14. The fourth-order valence-electron chi connectivity index (χ4n) is 1.73. The van der Waals surface area contributed by atoms with Crippen molar-refractivity contribution in [2.45, 2.75) is 19.5 Å². The van der Waals surface area contributed by atoms with Gasteiger partial charge in [0.15, 0.2) is 0 Å². The van der Waals surface area contributed by atoms with Crippen LogP contribution in [0.4, 0.5) is 0 Å². The Labute approximate surface area is 136 Å². The molecule has 1 unspecified atom stereocenters. The summed E-state index contributed by atoms with van der Waals surface area (Å²) in [7, 11) is 0. The maximum atomic E-state index is 12.1. The van der Waals surface area contributed by atoms with Gasteiger partial charge in [0.2, 0.25) is 5.91 Å². The highest BCUT2D eigenvalue weighted by Crippen LogP contribution is 2.11. The minimum Gasteiger partial charge on any atom is -0.467 e. The molecule has 0 aliphatic heterocycles. The molecule has 1 aromatic heterocycles. The van der Waals surface area contributed by atoms with E-state index in [1.54, 1.807) is 37.5 Å². The minimum atomic E-state index is -0.622. The molecular formula is C15H15IN2O3. The quantitative estimate of drug-likeness (QED) is 0.760. The molecule has 0 radical (unpaired) electrons. The zero-order chi connectivity index (χ0) is 15.2. The molecule has 1 aromatic carbocycles. The van der Waals surface area contributed by atoms with Gasteiger partial charge in [-0.1, -0.05) is 12.1 Å². The summed E-state index contributed by atoms with van der Waals surface area (Å²) in [5, 5.41) is 5.39. The predicted octanol–water partition coefficient (Wildman–Crippen LogP) is 2.32. The lowest BCUT2D eigenvalue weighted by atomic mass is 10.2. The maximum absolute atomic E-state index is 12.1. The van der Waals surface area contributed by atoms with Gasteiger partial charge in [-0.3, -0.25) is 9.59 Å². The second-order valence-corrected chi connectivity index (χ2v) is 5.63. The number of hydrogen-bond acceptors (Lipinski definition) is 3. The van der Waals surface area contributed by atoms with Crippen molar-refractivity contribution in [2.24, 2.45) is 0 Å². The highest BCUT2D eigenvalue weighted by atomic mass is 127. The first kappa shape index (κ1) is 15.6. The van der Waals surface area contributed by atoms with Crippen LogP contribution in [-0.2, 0) is 11.3 Å². The van der Waals surface area contributed by atoms with E-state index in [1.807, 2.05) is 12.1 Å². The molecule has 2 rings (SSSR count). The average Bonchev–Trinajstić information content (AvgIpc) is 2.98. The molecule has 2 aromatic rings. The SMILES string of the molecule is CC(NC(=O)c1ccccc1I)C(=O)NCc1ccco1. The number of benzene rings is 1.